The van der Waals surface area contributed by atoms with Crippen LogP contribution < -0.4 is 76.9 Å². The Hall–Kier alpha value is -1.02. The van der Waals surface area contributed by atoms with Gasteiger partial charge in [0.05, 0.1) is 25.2 Å². The van der Waals surface area contributed by atoms with Gasteiger partial charge in [-0.05, 0) is 42.7 Å². The number of hydrogen-bond acceptors (Lipinski definition) is 7. The van der Waals surface area contributed by atoms with Gasteiger partial charge in [0.1, 0.15) is 18.4 Å². The molecule has 2 aromatic carbocycles. The summed E-state index contributed by atoms with van der Waals surface area (Å²) in [6.07, 6.45) is 0.463. The number of hydrogen-bond donors (Lipinski definition) is 4. The van der Waals surface area contributed by atoms with E-state index < -0.39 is 50.1 Å². The van der Waals surface area contributed by atoms with Crippen molar-refractivity contribution < 1.29 is 89.6 Å². The van der Waals surface area contributed by atoms with Gasteiger partial charge in [0.25, 0.3) is 0 Å². The van der Waals surface area contributed by atoms with Gasteiger partial charge in [0.2, 0.25) is 11.8 Å². The standard InChI is InChI=1S/C26H34Cl2N3O8P.K/c1-4-16(3)24(31-40(36,37)39-5-2)26(35)30-22(25(34)29-14-23(32)33)12-17-6-10-20(11-7-17)38-15-18-8-9-19(27)13-21(18)28;/h6-11,13,16,22,24H,4-5,12,14-15H2,1-3H3,(H,29,34)(H,30,35)(H,32,33)(H2,31,36,37);/q;+1/p-1/t16-,22-,24-;/m0./s1. The minimum Gasteiger partial charge on any atom is -0.548 e. The van der Waals surface area contributed by atoms with Gasteiger partial charge in [-0.15, -0.1) is 0 Å². The molecule has 4 atom stereocenters. The SMILES string of the molecule is CCOP(=O)(O)N[C@H](C(=O)N[C@@H](Cc1ccc(OCc2ccc(Cl)cc2Cl)cc1)C(=O)NCC(=O)[O-])[C@@H](C)CC.[K+]. The van der Waals surface area contributed by atoms with Crippen LogP contribution in [0.3, 0.4) is 0 Å². The average Bonchev–Trinajstić information content (AvgIpc) is 2.89. The Morgan fingerprint density at radius 1 is 1.07 bits per heavy atom. The predicted molar refractivity (Wildman–Crippen MR) is 149 cm³/mol. The average molecular weight is 657 g/mol. The molecule has 2 rings (SSSR count). The van der Waals surface area contributed by atoms with Crippen molar-refractivity contribution in [1.82, 2.24) is 15.7 Å². The summed E-state index contributed by atoms with van der Waals surface area (Å²) in [5.74, 6) is -2.88. The summed E-state index contributed by atoms with van der Waals surface area (Å²) in [4.78, 5) is 46.9. The Balaban J connectivity index is 0.00000840. The van der Waals surface area contributed by atoms with E-state index in [1.165, 1.54) is 6.92 Å². The van der Waals surface area contributed by atoms with Crippen molar-refractivity contribution in [3.63, 3.8) is 0 Å². The molecule has 0 radical (unpaired) electrons. The normalized spacial score (nSPS) is 14.5. The van der Waals surface area contributed by atoms with Gasteiger partial charge in [-0.25, -0.2) is 9.65 Å². The van der Waals surface area contributed by atoms with Crippen LogP contribution in [0.25, 0.3) is 0 Å². The van der Waals surface area contributed by atoms with Crippen LogP contribution in [0.1, 0.15) is 38.3 Å². The first-order valence-corrected chi connectivity index (χ1v) is 14.9. The molecule has 0 aromatic heterocycles. The third-order valence-electron chi connectivity index (χ3n) is 5.91. The van der Waals surface area contributed by atoms with Crippen molar-refractivity contribution in [2.45, 2.75) is 52.3 Å². The molecule has 41 heavy (non-hydrogen) atoms. The zero-order valence-corrected chi connectivity index (χ0v) is 28.8. The van der Waals surface area contributed by atoms with Crippen LogP contribution in [-0.4, -0.2) is 47.9 Å². The van der Waals surface area contributed by atoms with Crippen molar-refractivity contribution in [2.24, 2.45) is 5.92 Å². The number of halogens is 2. The zero-order valence-electron chi connectivity index (χ0n) is 23.3. The van der Waals surface area contributed by atoms with E-state index in [1.54, 1.807) is 56.3 Å². The molecule has 0 aliphatic carbocycles. The summed E-state index contributed by atoms with van der Waals surface area (Å²) in [7, 11) is -4.30. The molecule has 0 fully saturated rings. The number of rotatable bonds is 16. The number of aliphatic carboxylic acids is 1. The third kappa shape index (κ3) is 13.4. The first-order chi connectivity index (χ1) is 18.8. The second-order valence-electron chi connectivity index (χ2n) is 8.95. The van der Waals surface area contributed by atoms with Crippen LogP contribution in [0, 0.1) is 5.92 Å². The van der Waals surface area contributed by atoms with Crippen molar-refractivity contribution in [2.75, 3.05) is 13.2 Å². The number of carboxylic acid groups (broad SMARTS) is 1. The number of carbonyl (C=O) groups excluding carboxylic acids is 3. The Morgan fingerprint density at radius 3 is 2.29 bits per heavy atom. The summed E-state index contributed by atoms with van der Waals surface area (Å²) in [6.45, 7) is 4.41. The fraction of sp³-hybridized carbons (Fsp3) is 0.423. The van der Waals surface area contributed by atoms with Crippen molar-refractivity contribution in [3.05, 3.63) is 63.6 Å². The second kappa shape index (κ2) is 18.6. The van der Waals surface area contributed by atoms with Gasteiger partial charge in [0, 0.05) is 22.0 Å². The molecule has 0 aliphatic rings. The Labute approximate surface area is 292 Å². The molecule has 2 aromatic rings. The molecule has 11 nitrogen and oxygen atoms in total. The van der Waals surface area contributed by atoms with E-state index in [-0.39, 0.29) is 71.0 Å². The van der Waals surface area contributed by atoms with Gasteiger partial charge < -0.3 is 30.2 Å². The van der Waals surface area contributed by atoms with Crippen molar-refractivity contribution in [3.8, 4) is 5.75 Å². The summed E-state index contributed by atoms with van der Waals surface area (Å²) in [5, 5.41) is 19.0. The van der Waals surface area contributed by atoms with Crippen LogP contribution >= 0.6 is 30.9 Å². The Morgan fingerprint density at radius 2 is 1.73 bits per heavy atom. The first kappa shape index (κ1) is 38.0. The topological polar surface area (TPSA) is 166 Å². The predicted octanol–water partition coefficient (Wildman–Crippen LogP) is -0.389. The number of carboxylic acids is 1. The van der Waals surface area contributed by atoms with E-state index in [0.29, 0.717) is 27.8 Å². The number of nitrogens with one attached hydrogen (secondary N) is 3. The smallest absolute Gasteiger partial charge is 0.548 e. The molecule has 4 N–H and O–H groups in total. The van der Waals surface area contributed by atoms with E-state index in [2.05, 4.69) is 15.7 Å². The molecule has 220 valence electrons. The third-order valence-corrected chi connectivity index (χ3v) is 7.71. The maximum Gasteiger partial charge on any atom is 1.00 e. The molecule has 0 heterocycles. The molecule has 2 amide bonds. The van der Waals surface area contributed by atoms with Crippen LogP contribution in [0.2, 0.25) is 10.0 Å². The summed E-state index contributed by atoms with van der Waals surface area (Å²) in [6, 6.07) is 9.41. The second-order valence-corrected chi connectivity index (χ2v) is 11.4. The largest absolute Gasteiger partial charge is 1.00 e. The monoisotopic (exact) mass is 655 g/mol. The minimum absolute atomic E-state index is 0. The van der Waals surface area contributed by atoms with Gasteiger partial charge in [-0.3, -0.25) is 14.1 Å². The fourth-order valence-electron chi connectivity index (χ4n) is 3.58. The van der Waals surface area contributed by atoms with Crippen LogP contribution in [0.5, 0.6) is 5.75 Å². The maximum atomic E-state index is 13.2. The van der Waals surface area contributed by atoms with Crippen molar-refractivity contribution in [1.29, 1.82) is 0 Å². The Kier molecular flexibility index (Phi) is 17.2. The molecule has 0 aliphatic heterocycles. The van der Waals surface area contributed by atoms with Crippen LogP contribution in [0.15, 0.2) is 42.5 Å². The number of benzene rings is 2. The Bertz CT molecular complexity index is 1220. The molecule has 15 heteroatoms. The minimum atomic E-state index is -4.30. The van der Waals surface area contributed by atoms with Gasteiger partial charge in [0.15, 0.2) is 0 Å². The number of ether oxygens (including phenoxy) is 1. The first-order valence-electron chi connectivity index (χ1n) is 12.5. The number of amides is 2. The summed E-state index contributed by atoms with van der Waals surface area (Å²) >= 11 is 12.1. The van der Waals surface area contributed by atoms with Gasteiger partial charge >= 0.3 is 59.1 Å². The number of carbonyl (C=O) groups is 3. The molecule has 0 spiro atoms. The molecular formula is C26H33Cl2KN3O8P. The maximum absolute atomic E-state index is 13.2. The molecule has 0 saturated carbocycles. The quantitative estimate of drug-likeness (QED) is 0.139. The summed E-state index contributed by atoms with van der Waals surface area (Å²) in [5.41, 5.74) is 1.37. The van der Waals surface area contributed by atoms with Crippen molar-refractivity contribution >= 4 is 48.7 Å². The molecule has 0 saturated heterocycles. The fourth-order valence-corrected chi connectivity index (χ4v) is 5.19. The van der Waals surface area contributed by atoms with E-state index in [9.17, 15) is 28.9 Å². The zero-order chi connectivity index (χ0) is 29.9. The molecular weight excluding hydrogens is 623 g/mol. The summed E-state index contributed by atoms with van der Waals surface area (Å²) < 4.78 is 22.9. The van der Waals surface area contributed by atoms with E-state index >= 15 is 0 Å². The van der Waals surface area contributed by atoms with Gasteiger partial charge in [-0.2, -0.15) is 0 Å². The van der Waals surface area contributed by atoms with Crippen LogP contribution in [0.4, 0.5) is 0 Å². The van der Waals surface area contributed by atoms with E-state index in [0.717, 1.165) is 5.56 Å². The molecule has 0 bridgehead atoms. The van der Waals surface area contributed by atoms with Gasteiger partial charge in [-0.1, -0.05) is 61.7 Å². The molecule has 1 unspecified atom stereocenters. The van der Waals surface area contributed by atoms with E-state index in [1.807, 2.05) is 0 Å². The van der Waals surface area contributed by atoms with E-state index in [4.69, 9.17) is 32.5 Å². The van der Waals surface area contributed by atoms with Crippen LogP contribution in [-0.2, 0) is 36.5 Å².